The highest BCUT2D eigenvalue weighted by molar-refractivity contribution is 5.91. The van der Waals surface area contributed by atoms with Crippen molar-refractivity contribution < 1.29 is 14.7 Å². The number of Topliss-reactive ketones (excluding diaryl/α,β-unsaturated/α-hetero) is 1. The molecule has 0 heterocycles. The molecule has 6 atom stereocenters. The van der Waals surface area contributed by atoms with Gasteiger partial charge in [0.05, 0.1) is 6.10 Å². The maximum Gasteiger partial charge on any atom is 0.155 e. The fourth-order valence-corrected chi connectivity index (χ4v) is 6.43. The Bertz CT molecular complexity index is 549. The third kappa shape index (κ3) is 1.84. The Morgan fingerprint density at radius 1 is 1.18 bits per heavy atom. The molecular formula is C19H26O3. The van der Waals surface area contributed by atoms with Gasteiger partial charge >= 0.3 is 0 Å². The van der Waals surface area contributed by atoms with E-state index in [1.165, 1.54) is 5.57 Å². The minimum atomic E-state index is -0.434. The van der Waals surface area contributed by atoms with Gasteiger partial charge in [-0.3, -0.25) is 9.59 Å². The first-order valence-electron chi connectivity index (χ1n) is 9.01. The zero-order valence-electron chi connectivity index (χ0n) is 13.4. The van der Waals surface area contributed by atoms with Gasteiger partial charge in [0.1, 0.15) is 5.78 Å². The van der Waals surface area contributed by atoms with Crippen molar-refractivity contribution in [3.05, 3.63) is 11.6 Å². The van der Waals surface area contributed by atoms with E-state index in [0.29, 0.717) is 42.2 Å². The number of fused-ring (bicyclic) bond motifs is 5. The highest BCUT2D eigenvalue weighted by Crippen LogP contribution is 2.61. The number of rotatable bonds is 1. The Morgan fingerprint density at radius 3 is 2.77 bits per heavy atom. The van der Waals surface area contributed by atoms with E-state index >= 15 is 0 Å². The van der Waals surface area contributed by atoms with Crippen molar-refractivity contribution in [2.75, 3.05) is 0 Å². The summed E-state index contributed by atoms with van der Waals surface area (Å²) in [6.45, 7) is 2.12. The van der Waals surface area contributed by atoms with Gasteiger partial charge in [0, 0.05) is 24.2 Å². The summed E-state index contributed by atoms with van der Waals surface area (Å²) in [6, 6.07) is 0. The van der Waals surface area contributed by atoms with Gasteiger partial charge in [-0.25, -0.2) is 0 Å². The summed E-state index contributed by atoms with van der Waals surface area (Å²) < 4.78 is 0. The van der Waals surface area contributed by atoms with Crippen LogP contribution in [0.25, 0.3) is 0 Å². The zero-order valence-corrected chi connectivity index (χ0v) is 13.4. The molecular weight excluding hydrogens is 276 g/mol. The molecule has 22 heavy (non-hydrogen) atoms. The van der Waals surface area contributed by atoms with E-state index < -0.39 is 6.10 Å². The second kappa shape index (κ2) is 5.02. The van der Waals surface area contributed by atoms with Gasteiger partial charge < -0.3 is 5.11 Å². The van der Waals surface area contributed by atoms with Gasteiger partial charge in [0.25, 0.3) is 0 Å². The number of carbonyl (C=O) groups is 2. The number of hydrogen-bond acceptors (Lipinski definition) is 3. The lowest BCUT2D eigenvalue weighted by Gasteiger charge is -2.53. The molecule has 4 aliphatic rings. The molecule has 0 aromatic heterocycles. The van der Waals surface area contributed by atoms with Crippen LogP contribution in [-0.2, 0) is 9.59 Å². The van der Waals surface area contributed by atoms with Crippen molar-refractivity contribution >= 4 is 11.6 Å². The molecule has 4 rings (SSSR count). The molecule has 1 N–H and O–H groups in total. The summed E-state index contributed by atoms with van der Waals surface area (Å²) >= 11 is 0. The number of aliphatic hydroxyl groups is 1. The van der Waals surface area contributed by atoms with Crippen LogP contribution in [0.3, 0.4) is 0 Å². The van der Waals surface area contributed by atoms with Crippen LogP contribution in [0.15, 0.2) is 11.6 Å². The molecule has 3 saturated carbocycles. The number of ketones is 2. The molecule has 0 amide bonds. The van der Waals surface area contributed by atoms with E-state index in [1.807, 2.05) is 6.08 Å². The Balaban J connectivity index is 1.68. The monoisotopic (exact) mass is 302 g/mol. The first kappa shape index (κ1) is 14.6. The SMILES string of the molecule is CC[C@]12CC[C@@H]3C4CCC(=O)C=C4CC[C@H]3[C@@H]1[C@@H](O)CC2=O. The number of hydrogen-bond donors (Lipinski definition) is 1. The molecule has 0 saturated heterocycles. The maximum absolute atomic E-state index is 12.6. The van der Waals surface area contributed by atoms with E-state index in [1.54, 1.807) is 0 Å². The van der Waals surface area contributed by atoms with Crippen LogP contribution >= 0.6 is 0 Å². The predicted octanol–water partition coefficient (Wildman–Crippen LogP) is 3.06. The standard InChI is InChI=1S/C19H26O3/c1-2-19-8-7-14-13-6-4-12(20)9-11(13)3-5-15(14)18(19)16(21)10-17(19)22/h9,13-16,18,21H,2-8,10H2,1H3/t13?,14-,15-,16+,18-,19-/m1/s1. The lowest BCUT2D eigenvalue weighted by Crippen LogP contribution is -2.49. The van der Waals surface area contributed by atoms with Crippen molar-refractivity contribution in [1.29, 1.82) is 0 Å². The van der Waals surface area contributed by atoms with Crippen LogP contribution in [0, 0.1) is 29.1 Å². The van der Waals surface area contributed by atoms with Gasteiger partial charge in [-0.2, -0.15) is 0 Å². The van der Waals surface area contributed by atoms with Crippen LogP contribution in [0.5, 0.6) is 0 Å². The summed E-state index contributed by atoms with van der Waals surface area (Å²) in [4.78, 5) is 24.2. The molecule has 1 unspecified atom stereocenters. The zero-order chi connectivity index (χ0) is 15.5. The molecule has 120 valence electrons. The van der Waals surface area contributed by atoms with Crippen molar-refractivity contribution in [2.45, 2.75) is 64.4 Å². The minimum absolute atomic E-state index is 0.169. The fraction of sp³-hybridized carbons (Fsp3) is 0.789. The number of carbonyl (C=O) groups excluding carboxylic acids is 2. The molecule has 3 nitrogen and oxygen atoms in total. The van der Waals surface area contributed by atoms with Gasteiger partial charge in [0.2, 0.25) is 0 Å². The third-order valence-corrected chi connectivity index (χ3v) is 7.38. The van der Waals surface area contributed by atoms with E-state index in [0.717, 1.165) is 38.5 Å². The van der Waals surface area contributed by atoms with Crippen LogP contribution < -0.4 is 0 Å². The van der Waals surface area contributed by atoms with E-state index in [9.17, 15) is 14.7 Å². The van der Waals surface area contributed by atoms with Crippen LogP contribution in [0.2, 0.25) is 0 Å². The van der Waals surface area contributed by atoms with Crippen LogP contribution in [0.4, 0.5) is 0 Å². The number of aliphatic hydroxyl groups excluding tert-OH is 1. The van der Waals surface area contributed by atoms with Crippen molar-refractivity contribution in [1.82, 2.24) is 0 Å². The molecule has 0 aliphatic heterocycles. The second-order valence-electron chi connectivity index (χ2n) is 7.97. The Hall–Kier alpha value is -0.960. The molecule has 0 aromatic rings. The van der Waals surface area contributed by atoms with E-state index in [2.05, 4.69) is 6.92 Å². The topological polar surface area (TPSA) is 54.4 Å². The largest absolute Gasteiger partial charge is 0.392 e. The molecule has 0 spiro atoms. The quantitative estimate of drug-likeness (QED) is 0.810. The second-order valence-corrected chi connectivity index (χ2v) is 7.97. The first-order valence-corrected chi connectivity index (χ1v) is 9.01. The molecule has 0 radical (unpaired) electrons. The maximum atomic E-state index is 12.6. The highest BCUT2D eigenvalue weighted by atomic mass is 16.3. The fourth-order valence-electron chi connectivity index (χ4n) is 6.43. The normalized spacial score (nSPS) is 47.5. The van der Waals surface area contributed by atoms with Gasteiger partial charge in [-0.1, -0.05) is 12.5 Å². The van der Waals surface area contributed by atoms with Gasteiger partial charge in [0.15, 0.2) is 5.78 Å². The van der Waals surface area contributed by atoms with E-state index in [-0.39, 0.29) is 11.3 Å². The molecule has 0 bridgehead atoms. The summed E-state index contributed by atoms with van der Waals surface area (Å²) in [5, 5.41) is 10.6. The Kier molecular flexibility index (Phi) is 3.34. The smallest absolute Gasteiger partial charge is 0.155 e. The summed E-state index contributed by atoms with van der Waals surface area (Å²) in [6.07, 6.45) is 8.48. The summed E-state index contributed by atoms with van der Waals surface area (Å²) in [5.74, 6) is 2.37. The van der Waals surface area contributed by atoms with Crippen LogP contribution in [-0.4, -0.2) is 22.8 Å². The minimum Gasteiger partial charge on any atom is -0.392 e. The lowest BCUT2D eigenvalue weighted by molar-refractivity contribution is -0.134. The van der Waals surface area contributed by atoms with Crippen molar-refractivity contribution in [2.24, 2.45) is 29.1 Å². The van der Waals surface area contributed by atoms with E-state index in [4.69, 9.17) is 0 Å². The average Bonchev–Trinajstić information content (AvgIpc) is 2.78. The average molecular weight is 302 g/mol. The molecule has 3 heteroatoms. The Morgan fingerprint density at radius 2 is 2.00 bits per heavy atom. The van der Waals surface area contributed by atoms with Gasteiger partial charge in [-0.05, 0) is 62.4 Å². The number of allylic oxidation sites excluding steroid dienone is 1. The van der Waals surface area contributed by atoms with Crippen LogP contribution in [0.1, 0.15) is 58.3 Å². The summed E-state index contributed by atoms with van der Waals surface area (Å²) in [7, 11) is 0. The van der Waals surface area contributed by atoms with Gasteiger partial charge in [-0.15, -0.1) is 0 Å². The van der Waals surface area contributed by atoms with Crippen molar-refractivity contribution in [3.63, 3.8) is 0 Å². The third-order valence-electron chi connectivity index (χ3n) is 7.38. The molecule has 3 fully saturated rings. The highest BCUT2D eigenvalue weighted by Gasteiger charge is 2.60. The predicted molar refractivity (Wildman–Crippen MR) is 83.1 cm³/mol. The Labute approximate surface area is 132 Å². The molecule has 4 aliphatic carbocycles. The van der Waals surface area contributed by atoms with Crippen molar-refractivity contribution in [3.8, 4) is 0 Å². The molecule has 0 aromatic carbocycles. The lowest BCUT2D eigenvalue weighted by atomic mass is 9.51. The summed E-state index contributed by atoms with van der Waals surface area (Å²) in [5.41, 5.74) is 1.12. The first-order chi connectivity index (χ1) is 10.6.